The first-order valence-electron chi connectivity index (χ1n) is 7.67. The van der Waals surface area contributed by atoms with Crippen LogP contribution in [0.4, 0.5) is 5.69 Å². The fourth-order valence-electron chi connectivity index (χ4n) is 1.96. The largest absolute Gasteiger partial charge is 0.428 e. The zero-order chi connectivity index (χ0) is 17.3. The van der Waals surface area contributed by atoms with Crippen LogP contribution >= 0.6 is 34.7 Å². The second-order valence-electron chi connectivity index (χ2n) is 5.84. The molecule has 1 fully saturated rings. The van der Waals surface area contributed by atoms with Crippen molar-refractivity contribution in [3.05, 3.63) is 28.5 Å². The number of rotatable bonds is 6. The van der Waals surface area contributed by atoms with Gasteiger partial charge in [0.15, 0.2) is 5.82 Å². The van der Waals surface area contributed by atoms with Gasteiger partial charge in [0.25, 0.3) is 5.19 Å². The molecule has 0 amide bonds. The first-order chi connectivity index (χ1) is 11.4. The Balaban J connectivity index is 1.78. The minimum atomic E-state index is -0.387. The van der Waals surface area contributed by atoms with Crippen molar-refractivity contribution >= 4 is 46.8 Å². The molecule has 1 heterocycles. The Labute approximate surface area is 155 Å². The van der Waals surface area contributed by atoms with Gasteiger partial charge in [-0.05, 0) is 44.4 Å². The molecule has 0 spiro atoms. The summed E-state index contributed by atoms with van der Waals surface area (Å²) in [6, 6.07) is 3.65. The lowest BCUT2D eigenvalue weighted by atomic mass is 10.2. The van der Waals surface area contributed by atoms with Crippen LogP contribution < -0.4 is 4.74 Å². The number of hydrogen-bond acceptors (Lipinski definition) is 5. The van der Waals surface area contributed by atoms with Gasteiger partial charge in [0.05, 0.1) is 17.0 Å². The number of benzene rings is 1. The molecule has 1 aliphatic rings. The van der Waals surface area contributed by atoms with E-state index in [0.717, 1.165) is 30.6 Å². The average Bonchev–Trinajstić information content (AvgIpc) is 3.12. The summed E-state index contributed by atoms with van der Waals surface area (Å²) in [4.78, 5) is 10.4. The molecule has 24 heavy (non-hydrogen) atoms. The lowest BCUT2D eigenvalue weighted by Crippen LogP contribution is -2.14. The van der Waals surface area contributed by atoms with E-state index in [-0.39, 0.29) is 4.87 Å². The first-order valence-corrected chi connectivity index (χ1v) is 9.20. The standard InChI is InChI=1S/C16H18Cl2N4OS/c1-4-22(3)9-19-12-8-11(17)13(7-10(12)2)23-15-20-14(21-24-15)16(18)5-6-16/h7-9H,4-6H2,1-3H3/b19-9-. The number of aryl methyl sites for hydroxylation is 1. The van der Waals surface area contributed by atoms with Crippen LogP contribution in [-0.4, -0.2) is 34.2 Å². The molecule has 0 radical (unpaired) electrons. The molecule has 2 aromatic rings. The lowest BCUT2D eigenvalue weighted by Gasteiger charge is -2.10. The average molecular weight is 385 g/mol. The molecule has 0 aliphatic heterocycles. The highest BCUT2D eigenvalue weighted by atomic mass is 35.5. The smallest absolute Gasteiger partial charge is 0.298 e. The van der Waals surface area contributed by atoms with Gasteiger partial charge in [-0.2, -0.15) is 9.36 Å². The first kappa shape index (κ1) is 17.5. The molecule has 0 unspecified atom stereocenters. The Kier molecular flexibility index (Phi) is 4.99. The van der Waals surface area contributed by atoms with Crippen LogP contribution in [0.1, 0.15) is 31.2 Å². The van der Waals surface area contributed by atoms with Gasteiger partial charge in [-0.1, -0.05) is 11.6 Å². The van der Waals surface area contributed by atoms with Gasteiger partial charge in [0.2, 0.25) is 0 Å². The van der Waals surface area contributed by atoms with Gasteiger partial charge in [0, 0.05) is 25.1 Å². The van der Waals surface area contributed by atoms with Crippen molar-refractivity contribution in [3.8, 4) is 10.9 Å². The Bertz CT molecular complexity index is 773. The Morgan fingerprint density at radius 1 is 1.46 bits per heavy atom. The Morgan fingerprint density at radius 2 is 2.21 bits per heavy atom. The fourth-order valence-corrected chi connectivity index (χ4v) is 3.02. The maximum absolute atomic E-state index is 6.33. The topological polar surface area (TPSA) is 50.6 Å². The molecule has 1 aliphatic carbocycles. The zero-order valence-electron chi connectivity index (χ0n) is 13.7. The molecular formula is C16H18Cl2N4OS. The molecule has 1 aromatic heterocycles. The van der Waals surface area contributed by atoms with Crippen molar-refractivity contribution in [1.82, 2.24) is 14.3 Å². The van der Waals surface area contributed by atoms with Crippen LogP contribution in [-0.2, 0) is 4.87 Å². The van der Waals surface area contributed by atoms with E-state index in [0.29, 0.717) is 21.8 Å². The summed E-state index contributed by atoms with van der Waals surface area (Å²) < 4.78 is 10.1. The molecule has 5 nitrogen and oxygen atoms in total. The molecule has 8 heteroatoms. The molecular weight excluding hydrogens is 367 g/mol. The number of halogens is 2. The Morgan fingerprint density at radius 3 is 2.88 bits per heavy atom. The molecule has 1 aromatic carbocycles. The maximum atomic E-state index is 6.33. The second-order valence-corrected chi connectivity index (χ2v) is 7.68. The highest BCUT2D eigenvalue weighted by molar-refractivity contribution is 7.07. The highest BCUT2D eigenvalue weighted by Crippen LogP contribution is 2.51. The number of aliphatic imine (C=N–C) groups is 1. The SMILES string of the molecule is CCN(C)/C=N\c1cc(Cl)c(Oc2nc(C3(Cl)CC3)ns2)cc1C. The molecule has 0 saturated heterocycles. The van der Waals surface area contributed by atoms with Crippen LogP contribution in [0.3, 0.4) is 0 Å². The summed E-state index contributed by atoms with van der Waals surface area (Å²) >= 11 is 13.8. The number of nitrogens with zero attached hydrogens (tertiary/aromatic N) is 4. The van der Waals surface area contributed by atoms with E-state index < -0.39 is 0 Å². The van der Waals surface area contributed by atoms with Crippen molar-refractivity contribution in [2.75, 3.05) is 13.6 Å². The molecule has 3 rings (SSSR count). The van der Waals surface area contributed by atoms with Crippen LogP contribution in [0.5, 0.6) is 10.9 Å². The molecule has 1 saturated carbocycles. The van der Waals surface area contributed by atoms with Crippen molar-refractivity contribution in [2.24, 2.45) is 4.99 Å². The van der Waals surface area contributed by atoms with E-state index in [1.807, 2.05) is 24.9 Å². The van der Waals surface area contributed by atoms with Crippen molar-refractivity contribution in [1.29, 1.82) is 0 Å². The second kappa shape index (κ2) is 6.86. The third-order valence-corrected chi connectivity index (χ3v) is 5.27. The summed E-state index contributed by atoms with van der Waals surface area (Å²) in [5.41, 5.74) is 1.78. The number of ether oxygens (including phenoxy) is 1. The summed E-state index contributed by atoms with van der Waals surface area (Å²) in [5.74, 6) is 1.18. The maximum Gasteiger partial charge on any atom is 0.298 e. The molecule has 0 bridgehead atoms. The van der Waals surface area contributed by atoms with Crippen LogP contribution in [0.25, 0.3) is 0 Å². The summed E-state index contributed by atoms with van der Waals surface area (Å²) in [6.07, 6.45) is 3.60. The highest BCUT2D eigenvalue weighted by Gasteiger charge is 2.46. The predicted molar refractivity (Wildman–Crippen MR) is 99.4 cm³/mol. The minimum Gasteiger partial charge on any atom is -0.428 e. The van der Waals surface area contributed by atoms with E-state index in [4.69, 9.17) is 27.9 Å². The summed E-state index contributed by atoms with van der Waals surface area (Å²) in [6.45, 7) is 4.91. The van der Waals surface area contributed by atoms with Gasteiger partial charge < -0.3 is 9.64 Å². The van der Waals surface area contributed by atoms with E-state index in [2.05, 4.69) is 21.3 Å². The predicted octanol–water partition coefficient (Wildman–Crippen LogP) is 5.13. The van der Waals surface area contributed by atoms with Crippen LogP contribution in [0, 0.1) is 6.92 Å². The monoisotopic (exact) mass is 384 g/mol. The van der Waals surface area contributed by atoms with Gasteiger partial charge in [0.1, 0.15) is 10.6 Å². The third-order valence-electron chi connectivity index (χ3n) is 3.84. The van der Waals surface area contributed by atoms with E-state index >= 15 is 0 Å². The third kappa shape index (κ3) is 3.82. The normalized spacial score (nSPS) is 15.7. The summed E-state index contributed by atoms with van der Waals surface area (Å²) in [5, 5.41) is 0.927. The fraction of sp³-hybridized carbons (Fsp3) is 0.438. The Hall–Kier alpha value is -1.37. The number of aromatic nitrogens is 2. The van der Waals surface area contributed by atoms with Gasteiger partial charge in [-0.3, -0.25) is 0 Å². The molecule has 0 atom stereocenters. The van der Waals surface area contributed by atoms with E-state index in [1.54, 1.807) is 12.4 Å². The lowest BCUT2D eigenvalue weighted by molar-refractivity contribution is 0.476. The van der Waals surface area contributed by atoms with Crippen molar-refractivity contribution < 1.29 is 4.74 Å². The molecule has 0 N–H and O–H groups in total. The van der Waals surface area contributed by atoms with Crippen LogP contribution in [0.2, 0.25) is 5.02 Å². The van der Waals surface area contributed by atoms with E-state index in [1.165, 1.54) is 11.5 Å². The molecule has 128 valence electrons. The van der Waals surface area contributed by atoms with Crippen molar-refractivity contribution in [3.63, 3.8) is 0 Å². The number of hydrogen-bond donors (Lipinski definition) is 0. The minimum absolute atomic E-state index is 0.387. The van der Waals surface area contributed by atoms with Gasteiger partial charge >= 0.3 is 0 Å². The van der Waals surface area contributed by atoms with Gasteiger partial charge in [-0.25, -0.2) is 4.99 Å². The zero-order valence-corrected chi connectivity index (χ0v) is 16.0. The van der Waals surface area contributed by atoms with Crippen molar-refractivity contribution in [2.45, 2.75) is 31.6 Å². The summed E-state index contributed by atoms with van der Waals surface area (Å²) in [7, 11) is 1.97. The quantitative estimate of drug-likeness (QED) is 0.393. The van der Waals surface area contributed by atoms with Gasteiger partial charge in [-0.15, -0.1) is 11.6 Å². The number of alkyl halides is 1. The van der Waals surface area contributed by atoms with Crippen LogP contribution in [0.15, 0.2) is 17.1 Å². The van der Waals surface area contributed by atoms with E-state index in [9.17, 15) is 0 Å².